The molecule has 0 spiro atoms. The minimum atomic E-state index is -4.35. The van der Waals surface area contributed by atoms with E-state index in [-0.39, 0.29) is 0 Å². The molecule has 0 saturated heterocycles. The Bertz CT molecular complexity index is 664. The minimum Gasteiger partial charge on any atom is -0.393 e. The van der Waals surface area contributed by atoms with Crippen molar-refractivity contribution < 1.29 is 18.3 Å². The summed E-state index contributed by atoms with van der Waals surface area (Å²) in [6, 6.07) is 4.84. The van der Waals surface area contributed by atoms with Crippen LogP contribution in [0.3, 0.4) is 0 Å². The number of nitrogens with zero attached hydrogens (tertiary/aromatic N) is 2. The van der Waals surface area contributed by atoms with Gasteiger partial charge in [0.15, 0.2) is 5.15 Å². The van der Waals surface area contributed by atoms with E-state index in [1.165, 1.54) is 12.1 Å². The molecule has 3 rings (SSSR count). The van der Waals surface area contributed by atoms with Gasteiger partial charge < -0.3 is 9.67 Å². The van der Waals surface area contributed by atoms with Crippen LogP contribution in [0.25, 0.3) is 11.4 Å². The molecule has 0 amide bonds. The highest BCUT2D eigenvalue weighted by atomic mass is 35.5. The van der Waals surface area contributed by atoms with Crippen LogP contribution >= 0.6 is 11.6 Å². The Balaban J connectivity index is 2.00. The van der Waals surface area contributed by atoms with E-state index in [0.29, 0.717) is 35.9 Å². The van der Waals surface area contributed by atoms with Crippen molar-refractivity contribution in [2.24, 2.45) is 0 Å². The molecule has 21 heavy (non-hydrogen) atoms. The number of halogens is 4. The Labute approximate surface area is 124 Å². The second-order valence-corrected chi connectivity index (χ2v) is 5.40. The summed E-state index contributed by atoms with van der Waals surface area (Å²) in [5.74, 6) is 0.538. The summed E-state index contributed by atoms with van der Waals surface area (Å²) in [5.41, 5.74) is 0.607. The summed E-state index contributed by atoms with van der Waals surface area (Å²) >= 11 is 6.06. The molecule has 0 bridgehead atoms. The average Bonchev–Trinajstić information content (AvgIpc) is 2.75. The average molecular weight is 317 g/mol. The molecule has 112 valence electrons. The zero-order valence-corrected chi connectivity index (χ0v) is 11.6. The Kier molecular flexibility index (Phi) is 3.45. The third kappa shape index (κ3) is 2.65. The highest BCUT2D eigenvalue weighted by Gasteiger charge is 2.30. The molecule has 2 heterocycles. The molecule has 1 N–H and O–H groups in total. The van der Waals surface area contributed by atoms with Gasteiger partial charge in [0.05, 0.1) is 17.4 Å². The topological polar surface area (TPSA) is 38.0 Å². The molecule has 1 aliphatic rings. The number of aliphatic hydroxyl groups is 1. The number of aromatic nitrogens is 2. The van der Waals surface area contributed by atoms with Gasteiger partial charge in [-0.1, -0.05) is 23.7 Å². The van der Waals surface area contributed by atoms with Crippen LogP contribution in [-0.2, 0) is 19.1 Å². The lowest BCUT2D eigenvalue weighted by atomic mass is 10.1. The van der Waals surface area contributed by atoms with E-state index < -0.39 is 17.8 Å². The third-order valence-electron chi connectivity index (χ3n) is 3.61. The second-order valence-electron chi connectivity index (χ2n) is 5.05. The standard InChI is InChI=1S/C14H12ClF3N2O/c15-12-11-7-10(21)5-6-20(11)13(19-12)8-1-3-9(4-2-8)14(16,17)18/h1-4,10,21H,5-7H2. The second kappa shape index (κ2) is 5.03. The number of alkyl halides is 3. The molecule has 7 heteroatoms. The van der Waals surface area contributed by atoms with E-state index >= 15 is 0 Å². The highest BCUT2D eigenvalue weighted by Crippen LogP contribution is 2.33. The molecule has 0 aliphatic carbocycles. The van der Waals surface area contributed by atoms with Gasteiger partial charge in [0.25, 0.3) is 0 Å². The van der Waals surface area contributed by atoms with Crippen LogP contribution in [0.1, 0.15) is 17.7 Å². The first kappa shape index (κ1) is 14.4. The van der Waals surface area contributed by atoms with Crippen LogP contribution in [0.15, 0.2) is 24.3 Å². The largest absolute Gasteiger partial charge is 0.416 e. The van der Waals surface area contributed by atoms with Crippen molar-refractivity contribution in [2.75, 3.05) is 0 Å². The number of benzene rings is 1. The van der Waals surface area contributed by atoms with E-state index in [1.807, 2.05) is 4.57 Å². The van der Waals surface area contributed by atoms with Gasteiger partial charge in [0.2, 0.25) is 0 Å². The van der Waals surface area contributed by atoms with Crippen molar-refractivity contribution in [2.45, 2.75) is 31.7 Å². The van der Waals surface area contributed by atoms with Crippen LogP contribution in [0.4, 0.5) is 13.2 Å². The number of aliphatic hydroxyl groups excluding tert-OH is 1. The van der Waals surface area contributed by atoms with Crippen LogP contribution in [-0.4, -0.2) is 20.8 Å². The first-order valence-corrected chi connectivity index (χ1v) is 6.84. The summed E-state index contributed by atoms with van der Waals surface area (Å²) in [7, 11) is 0. The highest BCUT2D eigenvalue weighted by molar-refractivity contribution is 6.30. The zero-order valence-electron chi connectivity index (χ0n) is 10.9. The number of hydrogen-bond donors (Lipinski definition) is 1. The van der Waals surface area contributed by atoms with Crippen LogP contribution in [0.5, 0.6) is 0 Å². The van der Waals surface area contributed by atoms with Gasteiger partial charge in [-0.05, 0) is 18.6 Å². The van der Waals surface area contributed by atoms with Gasteiger partial charge >= 0.3 is 6.18 Å². The monoisotopic (exact) mass is 316 g/mol. The lowest BCUT2D eigenvalue weighted by molar-refractivity contribution is -0.137. The first-order chi connectivity index (χ1) is 9.86. The fourth-order valence-electron chi connectivity index (χ4n) is 2.52. The lowest BCUT2D eigenvalue weighted by Crippen LogP contribution is -2.23. The normalized spacial score (nSPS) is 18.6. The van der Waals surface area contributed by atoms with Crippen LogP contribution in [0.2, 0.25) is 5.15 Å². The maximum atomic E-state index is 12.6. The number of imidazole rings is 1. The van der Waals surface area contributed by atoms with Crippen LogP contribution < -0.4 is 0 Å². The van der Waals surface area contributed by atoms with E-state index in [0.717, 1.165) is 17.8 Å². The fourth-order valence-corrected chi connectivity index (χ4v) is 2.78. The lowest BCUT2D eigenvalue weighted by Gasteiger charge is -2.21. The van der Waals surface area contributed by atoms with E-state index in [9.17, 15) is 18.3 Å². The Hall–Kier alpha value is -1.53. The molecule has 1 unspecified atom stereocenters. The van der Waals surface area contributed by atoms with E-state index in [1.54, 1.807) is 0 Å². The number of hydrogen-bond acceptors (Lipinski definition) is 2. The van der Waals surface area contributed by atoms with Crippen molar-refractivity contribution in [1.29, 1.82) is 0 Å². The molecular formula is C14H12ClF3N2O. The molecule has 1 aromatic heterocycles. The van der Waals surface area contributed by atoms with Crippen molar-refractivity contribution in [3.63, 3.8) is 0 Å². The van der Waals surface area contributed by atoms with Crippen molar-refractivity contribution >= 4 is 11.6 Å². The molecule has 2 aromatic rings. The Morgan fingerprint density at radius 3 is 2.52 bits per heavy atom. The smallest absolute Gasteiger partial charge is 0.393 e. The molecule has 0 radical (unpaired) electrons. The maximum Gasteiger partial charge on any atom is 0.416 e. The van der Waals surface area contributed by atoms with Crippen molar-refractivity contribution in [3.05, 3.63) is 40.7 Å². The summed E-state index contributed by atoms with van der Waals surface area (Å²) < 4.78 is 39.6. The summed E-state index contributed by atoms with van der Waals surface area (Å²) in [6.45, 7) is 0.548. The SMILES string of the molecule is OC1CCn2c(-c3ccc(C(F)(F)F)cc3)nc(Cl)c2C1. The Morgan fingerprint density at radius 2 is 1.90 bits per heavy atom. The van der Waals surface area contributed by atoms with Crippen molar-refractivity contribution in [1.82, 2.24) is 9.55 Å². The first-order valence-electron chi connectivity index (χ1n) is 6.47. The molecule has 3 nitrogen and oxygen atoms in total. The van der Waals surface area contributed by atoms with Crippen LogP contribution in [0, 0.1) is 0 Å². The van der Waals surface area contributed by atoms with Crippen molar-refractivity contribution in [3.8, 4) is 11.4 Å². The number of fused-ring (bicyclic) bond motifs is 1. The molecule has 1 aliphatic heterocycles. The zero-order chi connectivity index (χ0) is 15.2. The van der Waals surface area contributed by atoms with Gasteiger partial charge in [-0.3, -0.25) is 0 Å². The summed E-state index contributed by atoms with van der Waals surface area (Å²) in [5, 5.41) is 9.96. The van der Waals surface area contributed by atoms with Gasteiger partial charge in [0.1, 0.15) is 5.82 Å². The molecule has 1 atom stereocenters. The molecular weight excluding hydrogens is 305 g/mol. The van der Waals surface area contributed by atoms with Gasteiger partial charge in [0, 0.05) is 18.5 Å². The summed E-state index contributed by atoms with van der Waals surface area (Å²) in [6.07, 6.45) is -3.82. The van der Waals surface area contributed by atoms with E-state index in [2.05, 4.69) is 4.98 Å². The minimum absolute atomic E-state index is 0.295. The molecule has 0 fully saturated rings. The molecule has 1 aromatic carbocycles. The Morgan fingerprint density at radius 1 is 1.24 bits per heavy atom. The van der Waals surface area contributed by atoms with Gasteiger partial charge in [-0.15, -0.1) is 0 Å². The fraction of sp³-hybridized carbons (Fsp3) is 0.357. The summed E-state index contributed by atoms with van der Waals surface area (Å²) in [4.78, 5) is 4.22. The maximum absolute atomic E-state index is 12.6. The molecule has 0 saturated carbocycles. The van der Waals surface area contributed by atoms with Gasteiger partial charge in [-0.2, -0.15) is 13.2 Å². The predicted octanol–water partition coefficient (Wildman–Crippen LogP) is 3.53. The van der Waals surface area contributed by atoms with E-state index in [4.69, 9.17) is 11.6 Å². The number of rotatable bonds is 1. The quantitative estimate of drug-likeness (QED) is 0.874. The third-order valence-corrected chi connectivity index (χ3v) is 3.91. The predicted molar refractivity (Wildman–Crippen MR) is 72.0 cm³/mol. The van der Waals surface area contributed by atoms with Gasteiger partial charge in [-0.25, -0.2) is 4.98 Å².